The average Bonchev–Trinajstić information content (AvgIpc) is 2.83. The van der Waals surface area contributed by atoms with Crippen LogP contribution >= 0.6 is 11.3 Å². The Morgan fingerprint density at radius 3 is 2.36 bits per heavy atom. The minimum Gasteiger partial charge on any atom is -0.480 e. The first-order valence-corrected chi connectivity index (χ1v) is 8.87. The number of carbonyl (C=O) groups excluding carboxylic acids is 1. The summed E-state index contributed by atoms with van der Waals surface area (Å²) in [6.07, 6.45) is 8.55. The molecule has 6 heteroatoms. The van der Waals surface area contributed by atoms with Gasteiger partial charge < -0.3 is 9.67 Å². The lowest BCUT2D eigenvalue weighted by Gasteiger charge is -2.55. The van der Waals surface area contributed by atoms with Gasteiger partial charge in [0.2, 0.25) is 0 Å². The molecule has 4 saturated carbocycles. The maximum Gasteiger partial charge on any atom is 0.323 e. The first kappa shape index (κ1) is 14.2. The molecule has 0 aromatic carbocycles. The number of aliphatic carboxylic acids is 1. The fraction of sp³-hybridized carbons (Fsp3) is 0.688. The zero-order valence-electron chi connectivity index (χ0n) is 12.4. The molecule has 0 aliphatic heterocycles. The topological polar surface area (TPSA) is 71.7 Å². The minimum atomic E-state index is -0.915. The van der Waals surface area contributed by atoms with Gasteiger partial charge in [0.15, 0.2) is 4.80 Å². The number of hydrogen-bond acceptors (Lipinski definition) is 3. The van der Waals surface area contributed by atoms with Gasteiger partial charge in [-0.15, -0.1) is 11.3 Å². The number of carboxylic acids is 1. The summed E-state index contributed by atoms with van der Waals surface area (Å²) in [4.78, 5) is 28.6. The Hall–Kier alpha value is -1.43. The summed E-state index contributed by atoms with van der Waals surface area (Å²) in [6, 6.07) is 0. The Kier molecular flexibility index (Phi) is 3.25. The zero-order valence-corrected chi connectivity index (χ0v) is 13.2. The Balaban J connectivity index is 1.64. The first-order valence-electron chi connectivity index (χ1n) is 7.99. The van der Waals surface area contributed by atoms with Crippen LogP contribution in [0.15, 0.2) is 16.6 Å². The molecule has 22 heavy (non-hydrogen) atoms. The number of carboxylic acid groups (broad SMARTS) is 1. The largest absolute Gasteiger partial charge is 0.480 e. The van der Waals surface area contributed by atoms with Crippen molar-refractivity contribution in [3.05, 3.63) is 16.4 Å². The highest BCUT2D eigenvalue weighted by Gasteiger charge is 2.54. The summed E-state index contributed by atoms with van der Waals surface area (Å²) in [5.74, 6) is 1.20. The van der Waals surface area contributed by atoms with E-state index in [4.69, 9.17) is 5.11 Å². The third-order valence-corrected chi connectivity index (χ3v) is 6.45. The van der Waals surface area contributed by atoms with Crippen molar-refractivity contribution < 1.29 is 14.7 Å². The monoisotopic (exact) mass is 320 g/mol. The van der Waals surface area contributed by atoms with Gasteiger partial charge in [0.1, 0.15) is 6.54 Å². The van der Waals surface area contributed by atoms with Crippen molar-refractivity contribution in [1.82, 2.24) is 4.57 Å². The average molecular weight is 320 g/mol. The predicted molar refractivity (Wildman–Crippen MR) is 81.1 cm³/mol. The standard InChI is InChI=1S/C16H20N2O3S/c19-13(20)9-18-1-2-22-15(18)17-14(21)16-6-10-3-11(7-16)5-12(4-10)8-16/h1-2,10-12H,3-9H2,(H,19,20). The molecule has 4 aliphatic rings. The minimum absolute atomic E-state index is 0.00631. The molecule has 0 saturated heterocycles. The van der Waals surface area contributed by atoms with Gasteiger partial charge in [-0.2, -0.15) is 4.99 Å². The molecule has 1 aromatic rings. The van der Waals surface area contributed by atoms with E-state index in [1.54, 1.807) is 16.1 Å². The number of thiazole rings is 1. The Morgan fingerprint density at radius 2 is 1.82 bits per heavy atom. The van der Waals surface area contributed by atoms with Crippen LogP contribution in [0, 0.1) is 23.2 Å². The summed E-state index contributed by atoms with van der Waals surface area (Å²) in [6.45, 7) is -0.142. The number of rotatable bonds is 3. The van der Waals surface area contributed by atoms with E-state index in [0.717, 1.165) is 19.3 Å². The third kappa shape index (κ3) is 2.33. The highest BCUT2D eigenvalue weighted by atomic mass is 32.1. The molecule has 0 spiro atoms. The molecular weight excluding hydrogens is 300 g/mol. The van der Waals surface area contributed by atoms with E-state index in [9.17, 15) is 9.59 Å². The summed E-state index contributed by atoms with van der Waals surface area (Å²) >= 11 is 1.34. The number of hydrogen-bond donors (Lipinski definition) is 1. The fourth-order valence-electron chi connectivity index (χ4n) is 5.23. The van der Waals surface area contributed by atoms with Gasteiger partial charge in [0.25, 0.3) is 5.91 Å². The van der Waals surface area contributed by atoms with E-state index in [1.807, 2.05) is 0 Å². The van der Waals surface area contributed by atoms with E-state index in [1.165, 1.54) is 30.6 Å². The molecule has 0 atom stereocenters. The fourth-order valence-corrected chi connectivity index (χ4v) is 5.96. The molecule has 1 aromatic heterocycles. The van der Waals surface area contributed by atoms with Gasteiger partial charge in [-0.3, -0.25) is 9.59 Å². The summed E-state index contributed by atoms with van der Waals surface area (Å²) in [5, 5.41) is 10.7. The number of aromatic nitrogens is 1. The number of carbonyl (C=O) groups is 2. The van der Waals surface area contributed by atoms with Crippen LogP contribution in [0.25, 0.3) is 0 Å². The summed E-state index contributed by atoms with van der Waals surface area (Å²) < 4.78 is 1.55. The van der Waals surface area contributed by atoms with E-state index in [-0.39, 0.29) is 17.9 Å². The first-order chi connectivity index (χ1) is 10.5. The molecule has 4 bridgehead atoms. The number of nitrogens with zero attached hydrogens (tertiary/aromatic N) is 2. The van der Waals surface area contributed by atoms with E-state index >= 15 is 0 Å². The predicted octanol–water partition coefficient (Wildman–Crippen LogP) is 2.28. The Labute approximate surface area is 132 Å². The Bertz CT molecular complexity index is 652. The second-order valence-corrected chi connectivity index (χ2v) is 8.20. The van der Waals surface area contributed by atoms with Crippen LogP contribution in [0.1, 0.15) is 38.5 Å². The van der Waals surface area contributed by atoms with Crippen molar-refractivity contribution >= 4 is 23.2 Å². The highest BCUT2D eigenvalue weighted by Crippen LogP contribution is 2.60. The molecule has 5 nitrogen and oxygen atoms in total. The van der Waals surface area contributed by atoms with Crippen molar-refractivity contribution in [1.29, 1.82) is 0 Å². The molecule has 1 heterocycles. The highest BCUT2D eigenvalue weighted by molar-refractivity contribution is 7.07. The maximum atomic E-state index is 12.9. The second-order valence-electron chi connectivity index (χ2n) is 7.32. The van der Waals surface area contributed by atoms with Crippen molar-refractivity contribution in [3.63, 3.8) is 0 Å². The molecule has 5 rings (SSSR count). The van der Waals surface area contributed by atoms with Crippen LogP contribution in [0.4, 0.5) is 0 Å². The van der Waals surface area contributed by atoms with Crippen molar-refractivity contribution in [3.8, 4) is 0 Å². The molecule has 0 unspecified atom stereocenters. The molecule has 4 aliphatic carbocycles. The van der Waals surface area contributed by atoms with Gasteiger partial charge in [-0.25, -0.2) is 0 Å². The maximum absolute atomic E-state index is 12.9. The smallest absolute Gasteiger partial charge is 0.323 e. The molecule has 1 N–H and O–H groups in total. The Morgan fingerprint density at radius 1 is 1.23 bits per heavy atom. The van der Waals surface area contributed by atoms with Gasteiger partial charge in [-0.05, 0) is 56.3 Å². The van der Waals surface area contributed by atoms with E-state index < -0.39 is 5.97 Å². The quantitative estimate of drug-likeness (QED) is 0.928. The lowest BCUT2D eigenvalue weighted by atomic mass is 9.49. The van der Waals surface area contributed by atoms with Crippen molar-refractivity contribution in [2.75, 3.05) is 0 Å². The summed E-state index contributed by atoms with van der Waals surface area (Å²) in [7, 11) is 0. The SMILES string of the molecule is O=C(O)Cn1ccsc1=NC(=O)C12CC3CC(CC(C3)C1)C2. The van der Waals surface area contributed by atoms with Crippen LogP contribution in [0.5, 0.6) is 0 Å². The van der Waals surface area contributed by atoms with Crippen molar-refractivity contribution in [2.45, 2.75) is 45.1 Å². The zero-order chi connectivity index (χ0) is 15.3. The van der Waals surface area contributed by atoms with E-state index in [2.05, 4.69) is 4.99 Å². The lowest BCUT2D eigenvalue weighted by Crippen LogP contribution is -2.50. The normalized spacial score (nSPS) is 36.7. The van der Waals surface area contributed by atoms with Crippen LogP contribution in [-0.4, -0.2) is 21.6 Å². The van der Waals surface area contributed by atoms with Crippen LogP contribution in [-0.2, 0) is 16.1 Å². The molecule has 0 radical (unpaired) electrons. The van der Waals surface area contributed by atoms with Gasteiger partial charge in [0, 0.05) is 11.6 Å². The summed E-state index contributed by atoms with van der Waals surface area (Å²) in [5.41, 5.74) is -0.250. The van der Waals surface area contributed by atoms with Gasteiger partial charge >= 0.3 is 5.97 Å². The molecule has 1 amide bonds. The van der Waals surface area contributed by atoms with Gasteiger partial charge in [0.05, 0.1) is 5.41 Å². The van der Waals surface area contributed by atoms with Crippen LogP contribution < -0.4 is 4.80 Å². The number of amides is 1. The lowest BCUT2D eigenvalue weighted by molar-refractivity contribution is -0.143. The van der Waals surface area contributed by atoms with E-state index in [0.29, 0.717) is 22.6 Å². The van der Waals surface area contributed by atoms with Crippen LogP contribution in [0.2, 0.25) is 0 Å². The van der Waals surface area contributed by atoms with Gasteiger partial charge in [-0.1, -0.05) is 0 Å². The molecular formula is C16H20N2O3S. The molecule has 4 fully saturated rings. The second kappa shape index (κ2) is 5.05. The molecule has 118 valence electrons. The third-order valence-electron chi connectivity index (χ3n) is 5.65. The van der Waals surface area contributed by atoms with Crippen LogP contribution in [0.3, 0.4) is 0 Å². The van der Waals surface area contributed by atoms with Crippen molar-refractivity contribution in [2.24, 2.45) is 28.2 Å².